The van der Waals surface area contributed by atoms with Gasteiger partial charge >= 0.3 is 6.03 Å². The number of aryl methyl sites for hydroxylation is 1. The van der Waals surface area contributed by atoms with Gasteiger partial charge in [0.05, 0.1) is 0 Å². The van der Waals surface area contributed by atoms with Crippen molar-refractivity contribution >= 4 is 23.5 Å². The Hall–Kier alpha value is -1.75. The molecular formula is C17H23ClN2O3. The fourth-order valence-electron chi connectivity index (χ4n) is 2.67. The molecule has 23 heavy (non-hydrogen) atoms. The first-order chi connectivity index (χ1) is 11.0. The van der Waals surface area contributed by atoms with Crippen LogP contribution in [0.4, 0.5) is 4.79 Å². The molecule has 0 bridgehead atoms. The van der Waals surface area contributed by atoms with Crippen LogP contribution in [-0.4, -0.2) is 24.1 Å². The average Bonchev–Trinajstić information content (AvgIpc) is 2.50. The first kappa shape index (κ1) is 17.6. The number of carbonyl (C=O) groups excluding carboxylic acids is 2. The van der Waals surface area contributed by atoms with Crippen LogP contribution < -0.4 is 15.4 Å². The highest BCUT2D eigenvalue weighted by Crippen LogP contribution is 2.22. The minimum atomic E-state index is -0.771. The van der Waals surface area contributed by atoms with Gasteiger partial charge in [0.25, 0.3) is 5.91 Å². The third kappa shape index (κ3) is 5.43. The number of amides is 3. The van der Waals surface area contributed by atoms with Crippen molar-refractivity contribution in [3.8, 4) is 5.75 Å². The van der Waals surface area contributed by atoms with E-state index < -0.39 is 18.0 Å². The van der Waals surface area contributed by atoms with E-state index >= 15 is 0 Å². The van der Waals surface area contributed by atoms with Gasteiger partial charge in [-0.05, 0) is 50.5 Å². The molecule has 2 N–H and O–H groups in total. The van der Waals surface area contributed by atoms with E-state index in [1.165, 1.54) is 6.42 Å². The Morgan fingerprint density at radius 2 is 1.96 bits per heavy atom. The summed E-state index contributed by atoms with van der Waals surface area (Å²) in [5.74, 6) is 0.109. The largest absolute Gasteiger partial charge is 0.481 e. The van der Waals surface area contributed by atoms with Gasteiger partial charge in [0, 0.05) is 11.1 Å². The van der Waals surface area contributed by atoms with Gasteiger partial charge < -0.3 is 10.1 Å². The Kier molecular flexibility index (Phi) is 6.28. The van der Waals surface area contributed by atoms with E-state index in [9.17, 15) is 9.59 Å². The smallest absolute Gasteiger partial charge is 0.321 e. The van der Waals surface area contributed by atoms with Crippen LogP contribution in [0.5, 0.6) is 5.75 Å². The second kappa shape index (κ2) is 8.20. The number of ether oxygens (including phenoxy) is 1. The summed E-state index contributed by atoms with van der Waals surface area (Å²) >= 11 is 5.89. The SMILES string of the molecule is Cc1cc(Cl)ccc1O[C@@H](C)C(=O)NC(=O)NC1CCCCC1. The predicted molar refractivity (Wildman–Crippen MR) is 89.8 cm³/mol. The zero-order valence-electron chi connectivity index (χ0n) is 13.5. The van der Waals surface area contributed by atoms with Crippen LogP contribution in [0.2, 0.25) is 5.02 Å². The molecule has 0 heterocycles. The summed E-state index contributed by atoms with van der Waals surface area (Å²) in [4.78, 5) is 23.9. The Labute approximate surface area is 141 Å². The Balaban J connectivity index is 1.83. The number of nitrogens with one attached hydrogen (secondary N) is 2. The van der Waals surface area contributed by atoms with Gasteiger partial charge in [-0.3, -0.25) is 10.1 Å². The minimum Gasteiger partial charge on any atom is -0.481 e. The third-order valence-electron chi connectivity index (χ3n) is 3.99. The van der Waals surface area contributed by atoms with Crippen LogP contribution in [0.1, 0.15) is 44.6 Å². The molecule has 126 valence electrons. The second-order valence-electron chi connectivity index (χ2n) is 5.97. The van der Waals surface area contributed by atoms with Crippen molar-refractivity contribution in [1.29, 1.82) is 0 Å². The molecule has 2 rings (SSSR count). The molecule has 0 saturated heterocycles. The fraction of sp³-hybridized carbons (Fsp3) is 0.529. The van der Waals surface area contributed by atoms with E-state index in [1.54, 1.807) is 25.1 Å². The molecule has 5 nitrogen and oxygen atoms in total. The van der Waals surface area contributed by atoms with Crippen LogP contribution in [-0.2, 0) is 4.79 Å². The first-order valence-corrected chi connectivity index (χ1v) is 8.37. The molecule has 1 saturated carbocycles. The van der Waals surface area contributed by atoms with Crippen molar-refractivity contribution in [3.05, 3.63) is 28.8 Å². The number of urea groups is 1. The number of benzene rings is 1. The lowest BCUT2D eigenvalue weighted by Gasteiger charge is -2.23. The first-order valence-electron chi connectivity index (χ1n) is 8.00. The number of rotatable bonds is 4. The molecule has 1 aliphatic rings. The van der Waals surface area contributed by atoms with Crippen LogP contribution in [0.25, 0.3) is 0 Å². The molecule has 1 aromatic carbocycles. The Bertz CT molecular complexity index is 571. The predicted octanol–water partition coefficient (Wildman–Crippen LogP) is 3.57. The molecule has 0 aromatic heterocycles. The van der Waals surface area contributed by atoms with E-state index in [1.807, 2.05) is 6.92 Å². The van der Waals surface area contributed by atoms with Crippen molar-refractivity contribution in [1.82, 2.24) is 10.6 Å². The molecule has 1 aromatic rings. The normalized spacial score (nSPS) is 16.5. The second-order valence-corrected chi connectivity index (χ2v) is 6.40. The maximum atomic E-state index is 12.1. The molecule has 0 radical (unpaired) electrons. The molecule has 0 aliphatic heterocycles. The molecule has 0 unspecified atom stereocenters. The summed E-state index contributed by atoms with van der Waals surface area (Å²) in [5, 5.41) is 5.79. The van der Waals surface area contributed by atoms with E-state index in [-0.39, 0.29) is 6.04 Å². The summed E-state index contributed by atoms with van der Waals surface area (Å²) in [6, 6.07) is 4.88. The van der Waals surface area contributed by atoms with Crippen LogP contribution in [0.15, 0.2) is 18.2 Å². The summed E-state index contributed by atoms with van der Waals surface area (Å²) in [6.07, 6.45) is 4.62. The standard InChI is InChI=1S/C17H23ClN2O3/c1-11-10-13(18)8-9-15(11)23-12(2)16(21)20-17(22)19-14-6-4-3-5-7-14/h8-10,12,14H,3-7H2,1-2H3,(H2,19,20,21,22)/t12-/m0/s1. The van der Waals surface area contributed by atoms with Crippen molar-refractivity contribution < 1.29 is 14.3 Å². The Morgan fingerprint density at radius 3 is 2.61 bits per heavy atom. The summed E-state index contributed by atoms with van der Waals surface area (Å²) in [5.41, 5.74) is 0.837. The van der Waals surface area contributed by atoms with Gasteiger partial charge in [-0.15, -0.1) is 0 Å². The van der Waals surface area contributed by atoms with Gasteiger partial charge in [0.2, 0.25) is 0 Å². The zero-order valence-corrected chi connectivity index (χ0v) is 14.3. The number of carbonyl (C=O) groups is 2. The lowest BCUT2D eigenvalue weighted by molar-refractivity contribution is -0.126. The van der Waals surface area contributed by atoms with Crippen LogP contribution in [0.3, 0.4) is 0 Å². The molecule has 3 amide bonds. The van der Waals surface area contributed by atoms with Crippen molar-refractivity contribution in [2.45, 2.75) is 58.1 Å². The fourth-order valence-corrected chi connectivity index (χ4v) is 2.90. The number of hydrogen-bond acceptors (Lipinski definition) is 3. The lowest BCUT2D eigenvalue weighted by Crippen LogP contribution is -2.48. The Morgan fingerprint density at radius 1 is 1.26 bits per heavy atom. The number of hydrogen-bond donors (Lipinski definition) is 2. The monoisotopic (exact) mass is 338 g/mol. The quantitative estimate of drug-likeness (QED) is 0.881. The summed E-state index contributed by atoms with van der Waals surface area (Å²) in [7, 11) is 0. The number of imide groups is 1. The highest BCUT2D eigenvalue weighted by molar-refractivity contribution is 6.30. The van der Waals surface area contributed by atoms with Crippen molar-refractivity contribution in [3.63, 3.8) is 0 Å². The van der Waals surface area contributed by atoms with Gasteiger partial charge in [0.15, 0.2) is 6.10 Å². The lowest BCUT2D eigenvalue weighted by atomic mass is 9.96. The van der Waals surface area contributed by atoms with Gasteiger partial charge in [-0.1, -0.05) is 30.9 Å². The maximum absolute atomic E-state index is 12.1. The molecule has 1 fully saturated rings. The van der Waals surface area contributed by atoms with Gasteiger partial charge in [-0.2, -0.15) is 0 Å². The van der Waals surface area contributed by atoms with Crippen LogP contribution in [0, 0.1) is 6.92 Å². The highest BCUT2D eigenvalue weighted by atomic mass is 35.5. The van der Waals surface area contributed by atoms with E-state index in [0.29, 0.717) is 10.8 Å². The maximum Gasteiger partial charge on any atom is 0.321 e. The van der Waals surface area contributed by atoms with Crippen molar-refractivity contribution in [2.75, 3.05) is 0 Å². The molecule has 1 atom stereocenters. The van der Waals surface area contributed by atoms with E-state index in [2.05, 4.69) is 10.6 Å². The van der Waals surface area contributed by atoms with Crippen LogP contribution >= 0.6 is 11.6 Å². The third-order valence-corrected chi connectivity index (χ3v) is 4.22. The topological polar surface area (TPSA) is 67.4 Å². The van der Waals surface area contributed by atoms with Gasteiger partial charge in [0.1, 0.15) is 5.75 Å². The highest BCUT2D eigenvalue weighted by Gasteiger charge is 2.21. The zero-order chi connectivity index (χ0) is 16.8. The summed E-state index contributed by atoms with van der Waals surface area (Å²) in [6.45, 7) is 3.46. The number of halogens is 1. The molecule has 1 aliphatic carbocycles. The molecule has 6 heteroatoms. The van der Waals surface area contributed by atoms with Gasteiger partial charge in [-0.25, -0.2) is 4.79 Å². The van der Waals surface area contributed by atoms with Crippen molar-refractivity contribution in [2.24, 2.45) is 0 Å². The van der Waals surface area contributed by atoms with E-state index in [0.717, 1.165) is 31.2 Å². The summed E-state index contributed by atoms with van der Waals surface area (Å²) < 4.78 is 5.60. The molecular weight excluding hydrogens is 316 g/mol. The minimum absolute atomic E-state index is 0.159. The average molecular weight is 339 g/mol. The van der Waals surface area contributed by atoms with E-state index in [4.69, 9.17) is 16.3 Å². The molecule has 0 spiro atoms.